The van der Waals surface area contributed by atoms with Crippen molar-refractivity contribution in [3.63, 3.8) is 0 Å². The van der Waals surface area contributed by atoms with Gasteiger partial charge in [-0.05, 0) is 35.7 Å². The summed E-state index contributed by atoms with van der Waals surface area (Å²) < 4.78 is 12.7. The van der Waals surface area contributed by atoms with Gasteiger partial charge in [0.2, 0.25) is 0 Å². The Bertz CT molecular complexity index is 1100. The maximum absolute atomic E-state index is 12.9. The van der Waals surface area contributed by atoms with Gasteiger partial charge in [-0.2, -0.15) is 0 Å². The van der Waals surface area contributed by atoms with Gasteiger partial charge in [0.25, 0.3) is 0 Å². The number of benzene rings is 2. The molecule has 1 aliphatic carbocycles. The molecule has 0 saturated heterocycles. The predicted octanol–water partition coefficient (Wildman–Crippen LogP) is 4.30. The molecular weight excluding hydrogens is 446 g/mol. The highest BCUT2D eigenvalue weighted by Gasteiger charge is 2.72. The number of fused-ring (bicyclic) bond motifs is 3. The van der Waals surface area contributed by atoms with E-state index in [1.807, 2.05) is 54.6 Å². The zero-order chi connectivity index (χ0) is 20.9. The minimum absolute atomic E-state index is 0.187. The summed E-state index contributed by atoms with van der Waals surface area (Å²) >= 11 is 3.48. The first-order valence-electron chi connectivity index (χ1n) is 9.76. The summed E-state index contributed by atoms with van der Waals surface area (Å²) in [5, 5.41) is 12.2. The molecule has 0 amide bonds. The van der Waals surface area contributed by atoms with Crippen LogP contribution >= 0.6 is 15.9 Å². The Morgan fingerprint density at radius 1 is 1.17 bits per heavy atom. The van der Waals surface area contributed by atoms with Crippen LogP contribution in [0.15, 0.2) is 77.5 Å². The molecule has 0 unspecified atom stereocenters. The number of esters is 1. The van der Waals surface area contributed by atoms with Crippen LogP contribution in [-0.4, -0.2) is 23.2 Å². The van der Waals surface area contributed by atoms with Crippen molar-refractivity contribution in [2.75, 3.05) is 7.11 Å². The molecule has 5 nitrogen and oxygen atoms in total. The Balaban J connectivity index is 1.82. The zero-order valence-corrected chi connectivity index (χ0v) is 17.9. The number of carbonyl (C=O) groups is 1. The van der Waals surface area contributed by atoms with Crippen molar-refractivity contribution in [3.8, 4) is 5.75 Å². The molecule has 1 aromatic heterocycles. The highest BCUT2D eigenvalue weighted by molar-refractivity contribution is 9.10. The third-order valence-electron chi connectivity index (χ3n) is 6.41. The van der Waals surface area contributed by atoms with Gasteiger partial charge in [-0.3, -0.25) is 9.78 Å². The van der Waals surface area contributed by atoms with E-state index in [2.05, 4.69) is 20.9 Å². The van der Waals surface area contributed by atoms with E-state index >= 15 is 0 Å². The molecule has 0 spiro atoms. The fraction of sp³-hybridized carbons (Fsp3) is 0.250. The van der Waals surface area contributed by atoms with Crippen molar-refractivity contribution in [2.24, 2.45) is 5.92 Å². The molecule has 152 valence electrons. The first-order chi connectivity index (χ1) is 14.5. The van der Waals surface area contributed by atoms with Crippen molar-refractivity contribution in [1.29, 1.82) is 0 Å². The molecule has 0 bridgehead atoms. The first-order valence-corrected chi connectivity index (χ1v) is 10.6. The molecule has 4 atom stereocenters. The van der Waals surface area contributed by atoms with Crippen molar-refractivity contribution in [1.82, 2.24) is 4.98 Å². The van der Waals surface area contributed by atoms with Crippen LogP contribution in [0, 0.1) is 5.92 Å². The molecule has 6 heteroatoms. The molecule has 1 saturated carbocycles. The standard InChI is InChI=1S/C24H20BrNO4/c1-29-22(27)18-13-23(28)19-11-12-26-14-20(19)30-24(23,16-7-9-17(25)10-8-16)21(18)15-5-3-2-4-6-15/h2-12,14,18,21,28H,13H2,1H3/t18-,21+,23+,24-/m0/s1. The lowest BCUT2D eigenvalue weighted by Crippen LogP contribution is -2.48. The average molecular weight is 466 g/mol. The Kier molecular flexibility index (Phi) is 4.45. The molecule has 5 rings (SSSR count). The normalized spacial score (nSPS) is 29.0. The first kappa shape index (κ1) is 19.3. The monoisotopic (exact) mass is 465 g/mol. The van der Waals surface area contributed by atoms with Gasteiger partial charge in [0.1, 0.15) is 11.4 Å². The molecule has 1 N–H and O–H groups in total. The van der Waals surface area contributed by atoms with E-state index in [1.165, 1.54) is 7.11 Å². The second kappa shape index (κ2) is 6.93. The molecule has 2 aromatic carbocycles. The number of aromatic nitrogens is 1. The van der Waals surface area contributed by atoms with Crippen LogP contribution in [0.25, 0.3) is 0 Å². The maximum Gasteiger partial charge on any atom is 0.309 e. The van der Waals surface area contributed by atoms with E-state index in [0.717, 1.165) is 15.6 Å². The second-order valence-corrected chi connectivity index (χ2v) is 8.71. The number of nitrogens with zero attached hydrogens (tertiary/aromatic N) is 1. The quantitative estimate of drug-likeness (QED) is 0.584. The molecule has 2 aliphatic rings. The van der Waals surface area contributed by atoms with E-state index < -0.39 is 23.0 Å². The Labute approximate surface area is 182 Å². The van der Waals surface area contributed by atoms with Crippen LogP contribution in [0.4, 0.5) is 0 Å². The number of hydrogen-bond donors (Lipinski definition) is 1. The number of methoxy groups -OCH3 is 1. The molecule has 1 fully saturated rings. The number of hydrogen-bond acceptors (Lipinski definition) is 5. The fourth-order valence-corrected chi connectivity index (χ4v) is 5.50. The highest BCUT2D eigenvalue weighted by atomic mass is 79.9. The summed E-state index contributed by atoms with van der Waals surface area (Å²) in [4.78, 5) is 17.1. The number of aliphatic hydroxyl groups is 1. The fourth-order valence-electron chi connectivity index (χ4n) is 5.24. The molecular formula is C24H20BrNO4. The third-order valence-corrected chi connectivity index (χ3v) is 6.94. The van der Waals surface area contributed by atoms with Gasteiger partial charge in [0.15, 0.2) is 5.60 Å². The number of halogens is 1. The van der Waals surface area contributed by atoms with Gasteiger partial charge in [-0.25, -0.2) is 0 Å². The lowest BCUT2D eigenvalue weighted by molar-refractivity contribution is -0.146. The summed E-state index contributed by atoms with van der Waals surface area (Å²) in [6, 6.07) is 19.2. The van der Waals surface area contributed by atoms with Gasteiger partial charge in [0.05, 0.1) is 19.2 Å². The summed E-state index contributed by atoms with van der Waals surface area (Å²) in [5.74, 6) is -0.855. The number of pyridine rings is 1. The van der Waals surface area contributed by atoms with Crippen LogP contribution in [0.2, 0.25) is 0 Å². The molecule has 30 heavy (non-hydrogen) atoms. The van der Waals surface area contributed by atoms with E-state index in [1.54, 1.807) is 18.5 Å². The summed E-state index contributed by atoms with van der Waals surface area (Å²) in [6.45, 7) is 0. The maximum atomic E-state index is 12.9. The van der Waals surface area contributed by atoms with Gasteiger partial charge in [-0.1, -0.05) is 58.4 Å². The topological polar surface area (TPSA) is 68.7 Å². The van der Waals surface area contributed by atoms with E-state index in [0.29, 0.717) is 11.3 Å². The minimum Gasteiger partial charge on any atom is -0.476 e. The molecule has 2 heterocycles. The van der Waals surface area contributed by atoms with Crippen molar-refractivity contribution in [2.45, 2.75) is 23.5 Å². The second-order valence-electron chi connectivity index (χ2n) is 7.80. The van der Waals surface area contributed by atoms with Gasteiger partial charge >= 0.3 is 5.97 Å². The van der Waals surface area contributed by atoms with Crippen molar-refractivity contribution < 1.29 is 19.4 Å². The van der Waals surface area contributed by atoms with Crippen LogP contribution < -0.4 is 4.74 Å². The molecule has 0 radical (unpaired) electrons. The van der Waals surface area contributed by atoms with Gasteiger partial charge in [0, 0.05) is 22.2 Å². The Morgan fingerprint density at radius 2 is 1.90 bits per heavy atom. The number of carbonyl (C=O) groups excluding carboxylic acids is 1. The van der Waals surface area contributed by atoms with Crippen LogP contribution in [0.5, 0.6) is 5.75 Å². The van der Waals surface area contributed by atoms with Crippen LogP contribution in [0.3, 0.4) is 0 Å². The summed E-state index contributed by atoms with van der Waals surface area (Å²) in [7, 11) is 1.38. The SMILES string of the molecule is COC(=O)[C@H]1C[C@@]2(O)c3ccncc3O[C@@]2(c2ccc(Br)cc2)[C@@H]1c1ccccc1. The zero-order valence-electron chi connectivity index (χ0n) is 16.3. The van der Waals surface area contributed by atoms with Crippen molar-refractivity contribution >= 4 is 21.9 Å². The average Bonchev–Trinajstić information content (AvgIpc) is 3.19. The van der Waals surface area contributed by atoms with Crippen LogP contribution in [0.1, 0.15) is 29.0 Å². The third kappa shape index (κ3) is 2.50. The van der Waals surface area contributed by atoms with E-state index in [4.69, 9.17) is 9.47 Å². The summed E-state index contributed by atoms with van der Waals surface area (Å²) in [5.41, 5.74) is -0.262. The van der Waals surface area contributed by atoms with Gasteiger partial charge in [-0.15, -0.1) is 0 Å². The smallest absolute Gasteiger partial charge is 0.309 e. The number of ether oxygens (including phenoxy) is 2. The molecule has 3 aromatic rings. The molecule has 1 aliphatic heterocycles. The Morgan fingerprint density at radius 3 is 2.60 bits per heavy atom. The van der Waals surface area contributed by atoms with Gasteiger partial charge < -0.3 is 14.6 Å². The lowest BCUT2D eigenvalue weighted by atomic mass is 9.71. The minimum atomic E-state index is -1.42. The van der Waals surface area contributed by atoms with Crippen LogP contribution in [-0.2, 0) is 20.7 Å². The van der Waals surface area contributed by atoms with E-state index in [9.17, 15) is 9.90 Å². The lowest BCUT2D eigenvalue weighted by Gasteiger charge is -2.40. The highest BCUT2D eigenvalue weighted by Crippen LogP contribution is 2.68. The summed E-state index contributed by atoms with van der Waals surface area (Å²) in [6.07, 6.45) is 3.45. The predicted molar refractivity (Wildman–Crippen MR) is 114 cm³/mol. The number of rotatable bonds is 3. The van der Waals surface area contributed by atoms with E-state index in [-0.39, 0.29) is 12.4 Å². The Hall–Kier alpha value is -2.70. The largest absolute Gasteiger partial charge is 0.476 e. The van der Waals surface area contributed by atoms with Crippen molar-refractivity contribution in [3.05, 3.63) is 94.2 Å².